The predicted octanol–water partition coefficient (Wildman–Crippen LogP) is 4.36. The molecule has 5 nitrogen and oxygen atoms in total. The molecule has 1 unspecified atom stereocenters. The van der Waals surface area contributed by atoms with Crippen LogP contribution in [0.15, 0.2) is 18.2 Å². The molecule has 0 N–H and O–H groups in total. The molecule has 1 aromatic rings. The fraction of sp³-hybridized carbons (Fsp3) is 0.529. The number of rotatable bonds is 1. The first-order valence-corrected chi connectivity index (χ1v) is 8.62. The molecule has 1 aromatic carbocycles. The van der Waals surface area contributed by atoms with Crippen LogP contribution in [0.2, 0.25) is 10.0 Å². The van der Waals surface area contributed by atoms with Gasteiger partial charge in [0.15, 0.2) is 0 Å². The lowest BCUT2D eigenvalue weighted by Gasteiger charge is -2.30. The summed E-state index contributed by atoms with van der Waals surface area (Å²) in [4.78, 5) is 28.3. The lowest BCUT2D eigenvalue weighted by Crippen LogP contribution is -2.48. The normalized spacial score (nSPS) is 19.2. The average molecular weight is 373 g/mol. The van der Waals surface area contributed by atoms with Gasteiger partial charge in [-0.2, -0.15) is 0 Å². The maximum absolute atomic E-state index is 12.8. The van der Waals surface area contributed by atoms with Crippen LogP contribution in [0.25, 0.3) is 0 Å². The quantitative estimate of drug-likeness (QED) is 0.735. The maximum atomic E-state index is 12.8. The standard InChI is InChI=1S/C17H22Cl2N2O3/c1-11-15(22)21(12-6-7-13(18)14(19)10-12)9-5-8-20(11)16(23)24-17(2,3)4/h6-7,10-11H,5,8-9H2,1-4H3. The highest BCUT2D eigenvalue weighted by Gasteiger charge is 2.35. The predicted molar refractivity (Wildman–Crippen MR) is 95.8 cm³/mol. The number of nitrogens with zero attached hydrogens (tertiary/aromatic N) is 2. The summed E-state index contributed by atoms with van der Waals surface area (Å²) >= 11 is 12.0. The van der Waals surface area contributed by atoms with E-state index in [9.17, 15) is 9.59 Å². The Morgan fingerprint density at radius 3 is 2.46 bits per heavy atom. The molecule has 24 heavy (non-hydrogen) atoms. The van der Waals surface area contributed by atoms with Crippen molar-refractivity contribution < 1.29 is 14.3 Å². The number of benzene rings is 1. The Labute approximate surface area is 152 Å². The summed E-state index contributed by atoms with van der Waals surface area (Å²) in [5, 5.41) is 0.828. The van der Waals surface area contributed by atoms with Crippen LogP contribution in [-0.2, 0) is 9.53 Å². The van der Waals surface area contributed by atoms with Crippen LogP contribution in [0.4, 0.5) is 10.5 Å². The number of carbonyl (C=O) groups excluding carboxylic acids is 2. The van der Waals surface area contributed by atoms with Crippen molar-refractivity contribution in [2.24, 2.45) is 0 Å². The van der Waals surface area contributed by atoms with Crippen molar-refractivity contribution in [2.45, 2.75) is 45.8 Å². The van der Waals surface area contributed by atoms with E-state index in [2.05, 4.69) is 0 Å². The highest BCUT2D eigenvalue weighted by molar-refractivity contribution is 6.42. The average Bonchev–Trinajstić information content (AvgIpc) is 2.61. The van der Waals surface area contributed by atoms with Crippen molar-refractivity contribution in [1.82, 2.24) is 4.90 Å². The molecule has 0 bridgehead atoms. The van der Waals surface area contributed by atoms with E-state index in [0.29, 0.717) is 35.2 Å². The zero-order chi connectivity index (χ0) is 18.1. The zero-order valence-electron chi connectivity index (χ0n) is 14.3. The highest BCUT2D eigenvalue weighted by atomic mass is 35.5. The van der Waals surface area contributed by atoms with Gasteiger partial charge in [-0.05, 0) is 52.3 Å². The molecule has 0 saturated carbocycles. The van der Waals surface area contributed by atoms with Gasteiger partial charge in [-0.1, -0.05) is 23.2 Å². The molecule has 1 saturated heterocycles. The van der Waals surface area contributed by atoms with Gasteiger partial charge in [-0.25, -0.2) is 4.79 Å². The van der Waals surface area contributed by atoms with E-state index in [-0.39, 0.29) is 5.91 Å². The summed E-state index contributed by atoms with van der Waals surface area (Å²) in [6, 6.07) is 4.46. The molecular weight excluding hydrogens is 351 g/mol. The Hall–Kier alpha value is -1.46. The molecule has 132 valence electrons. The Bertz CT molecular complexity index is 643. The Balaban J connectivity index is 2.21. The molecule has 0 aromatic heterocycles. The van der Waals surface area contributed by atoms with E-state index in [0.717, 1.165) is 0 Å². The molecule has 1 aliphatic heterocycles. The van der Waals surface area contributed by atoms with E-state index >= 15 is 0 Å². The molecule has 1 atom stereocenters. The minimum Gasteiger partial charge on any atom is -0.444 e. The highest BCUT2D eigenvalue weighted by Crippen LogP contribution is 2.29. The van der Waals surface area contributed by atoms with Crippen LogP contribution in [-0.4, -0.2) is 41.6 Å². The first kappa shape index (κ1) is 18.9. The van der Waals surface area contributed by atoms with E-state index in [1.54, 1.807) is 50.8 Å². The fourth-order valence-electron chi connectivity index (χ4n) is 2.54. The third kappa shape index (κ3) is 4.33. The second kappa shape index (κ2) is 7.19. The number of hydrogen-bond acceptors (Lipinski definition) is 3. The van der Waals surface area contributed by atoms with Gasteiger partial charge in [-0.3, -0.25) is 9.69 Å². The minimum atomic E-state index is -0.614. The van der Waals surface area contributed by atoms with Gasteiger partial charge in [0.1, 0.15) is 11.6 Å². The Kier molecular flexibility index (Phi) is 5.66. The zero-order valence-corrected chi connectivity index (χ0v) is 15.8. The number of carbonyl (C=O) groups is 2. The SMILES string of the molecule is CC1C(=O)N(c2ccc(Cl)c(Cl)c2)CCCN1C(=O)OC(C)(C)C. The van der Waals surface area contributed by atoms with Gasteiger partial charge in [-0.15, -0.1) is 0 Å². The molecule has 1 fully saturated rings. The molecule has 0 aliphatic carbocycles. The van der Waals surface area contributed by atoms with Gasteiger partial charge in [0.05, 0.1) is 10.0 Å². The Morgan fingerprint density at radius 1 is 1.21 bits per heavy atom. The van der Waals surface area contributed by atoms with E-state index < -0.39 is 17.7 Å². The largest absolute Gasteiger partial charge is 0.444 e. The van der Waals surface area contributed by atoms with Gasteiger partial charge in [0, 0.05) is 18.8 Å². The van der Waals surface area contributed by atoms with Crippen molar-refractivity contribution >= 4 is 40.9 Å². The van der Waals surface area contributed by atoms with Crippen LogP contribution >= 0.6 is 23.2 Å². The second-order valence-corrected chi connectivity index (χ2v) is 7.61. The summed E-state index contributed by atoms with van der Waals surface area (Å²) in [5.41, 5.74) is 0.0718. The molecule has 7 heteroatoms. The molecule has 1 heterocycles. The maximum Gasteiger partial charge on any atom is 0.410 e. The first-order chi connectivity index (χ1) is 11.1. The van der Waals surface area contributed by atoms with Crippen molar-refractivity contribution in [3.8, 4) is 0 Å². The third-order valence-corrected chi connectivity index (χ3v) is 4.45. The summed E-state index contributed by atoms with van der Waals surface area (Å²) < 4.78 is 5.40. The lowest BCUT2D eigenvalue weighted by atomic mass is 10.2. The minimum absolute atomic E-state index is 0.170. The summed E-state index contributed by atoms with van der Waals surface area (Å²) in [6.07, 6.45) is 0.176. The van der Waals surface area contributed by atoms with Crippen LogP contribution in [0, 0.1) is 0 Å². The monoisotopic (exact) mass is 372 g/mol. The lowest BCUT2D eigenvalue weighted by molar-refractivity contribution is -0.122. The number of halogens is 2. The van der Waals surface area contributed by atoms with E-state index in [1.165, 1.54) is 4.90 Å². The van der Waals surface area contributed by atoms with Crippen molar-refractivity contribution in [1.29, 1.82) is 0 Å². The first-order valence-electron chi connectivity index (χ1n) is 7.86. The fourth-order valence-corrected chi connectivity index (χ4v) is 2.83. The third-order valence-electron chi connectivity index (χ3n) is 3.71. The van der Waals surface area contributed by atoms with Crippen molar-refractivity contribution in [2.75, 3.05) is 18.0 Å². The summed E-state index contributed by atoms with van der Waals surface area (Å²) in [6.45, 7) is 8.08. The molecule has 0 spiro atoms. The van der Waals surface area contributed by atoms with Gasteiger partial charge >= 0.3 is 6.09 Å². The van der Waals surface area contributed by atoms with Crippen LogP contribution in [0.5, 0.6) is 0 Å². The van der Waals surface area contributed by atoms with Gasteiger partial charge in [0.2, 0.25) is 5.91 Å². The Morgan fingerprint density at radius 2 is 1.88 bits per heavy atom. The van der Waals surface area contributed by atoms with E-state index in [4.69, 9.17) is 27.9 Å². The van der Waals surface area contributed by atoms with Crippen LogP contribution in [0.1, 0.15) is 34.1 Å². The summed E-state index contributed by atoms with van der Waals surface area (Å²) in [5.74, 6) is -0.170. The molecule has 1 aliphatic rings. The second-order valence-electron chi connectivity index (χ2n) is 6.79. The van der Waals surface area contributed by atoms with Crippen molar-refractivity contribution in [3.05, 3.63) is 28.2 Å². The van der Waals surface area contributed by atoms with E-state index in [1.807, 2.05) is 0 Å². The molecular formula is C17H22Cl2N2O3. The van der Waals surface area contributed by atoms with Crippen molar-refractivity contribution in [3.63, 3.8) is 0 Å². The topological polar surface area (TPSA) is 49.9 Å². The number of amides is 2. The summed E-state index contributed by atoms with van der Waals surface area (Å²) in [7, 11) is 0. The van der Waals surface area contributed by atoms with Gasteiger partial charge < -0.3 is 9.64 Å². The molecule has 2 rings (SSSR count). The number of hydrogen-bond donors (Lipinski definition) is 0. The number of ether oxygens (including phenoxy) is 1. The van der Waals surface area contributed by atoms with Crippen LogP contribution in [0.3, 0.4) is 0 Å². The van der Waals surface area contributed by atoms with Crippen LogP contribution < -0.4 is 4.90 Å². The number of anilines is 1. The van der Waals surface area contributed by atoms with Gasteiger partial charge in [0.25, 0.3) is 0 Å². The molecule has 0 radical (unpaired) electrons. The molecule has 2 amide bonds. The smallest absolute Gasteiger partial charge is 0.410 e.